The number of rotatable bonds is 3. The molecule has 0 saturated heterocycles. The van der Waals surface area contributed by atoms with Crippen molar-refractivity contribution in [3.8, 4) is 0 Å². The summed E-state index contributed by atoms with van der Waals surface area (Å²) in [4.78, 5) is 3.84. The monoisotopic (exact) mass is 232 g/mol. The second kappa shape index (κ2) is 4.52. The molecule has 0 spiro atoms. The molecule has 1 rings (SSSR count). The number of nitrogens with two attached hydrogens (primary N) is 1. The number of hydrogen-bond acceptors (Lipinski definition) is 2. The zero-order valence-electron chi connectivity index (χ0n) is 6.50. The highest BCUT2D eigenvalue weighted by Crippen LogP contribution is 2.26. The Morgan fingerprint density at radius 2 is 2.42 bits per heavy atom. The molecular formula is C8H10BrFN2. The summed E-state index contributed by atoms with van der Waals surface area (Å²) in [5.74, 6) is 0. The minimum absolute atomic E-state index is 0.350. The predicted octanol–water partition coefficient (Wildman–Crippen LogP) is 2.20. The molecule has 0 saturated carbocycles. The molecule has 0 aromatic carbocycles. The van der Waals surface area contributed by atoms with Crippen molar-refractivity contribution >= 4 is 15.9 Å². The molecule has 12 heavy (non-hydrogen) atoms. The Bertz CT molecular complexity index is 255. The number of aromatic nitrogens is 1. The lowest BCUT2D eigenvalue weighted by molar-refractivity contribution is 0.326. The van der Waals surface area contributed by atoms with Crippen LogP contribution in [0.3, 0.4) is 0 Å². The third-order valence-electron chi connectivity index (χ3n) is 1.56. The lowest BCUT2D eigenvalue weighted by Gasteiger charge is -2.07. The average molecular weight is 233 g/mol. The van der Waals surface area contributed by atoms with Crippen molar-refractivity contribution in [1.29, 1.82) is 0 Å². The third-order valence-corrected chi connectivity index (χ3v) is 2.22. The fourth-order valence-electron chi connectivity index (χ4n) is 0.942. The standard InChI is InChI=1S/C8H10BrFN2/c9-7-5-12-4-2-6(7)8(10)1-3-11/h2,4-5,8H,1,3,11H2. The lowest BCUT2D eigenvalue weighted by atomic mass is 10.1. The highest BCUT2D eigenvalue weighted by molar-refractivity contribution is 9.10. The molecule has 0 aliphatic carbocycles. The van der Waals surface area contributed by atoms with Gasteiger partial charge in [0.15, 0.2) is 0 Å². The van der Waals surface area contributed by atoms with Gasteiger partial charge in [0.25, 0.3) is 0 Å². The van der Waals surface area contributed by atoms with Gasteiger partial charge in [-0.25, -0.2) is 4.39 Å². The zero-order valence-corrected chi connectivity index (χ0v) is 8.09. The normalized spacial score (nSPS) is 12.9. The van der Waals surface area contributed by atoms with Gasteiger partial charge in [-0.15, -0.1) is 0 Å². The average Bonchev–Trinajstić information content (AvgIpc) is 2.05. The summed E-state index contributed by atoms with van der Waals surface area (Å²) in [6, 6.07) is 1.66. The van der Waals surface area contributed by atoms with Crippen molar-refractivity contribution in [1.82, 2.24) is 4.98 Å². The van der Waals surface area contributed by atoms with Crippen LogP contribution in [0.25, 0.3) is 0 Å². The Morgan fingerprint density at radius 3 is 3.00 bits per heavy atom. The van der Waals surface area contributed by atoms with E-state index in [0.29, 0.717) is 23.0 Å². The van der Waals surface area contributed by atoms with Crippen LogP contribution in [0.1, 0.15) is 18.2 Å². The first-order chi connectivity index (χ1) is 5.75. The van der Waals surface area contributed by atoms with Crippen LogP contribution in [0.5, 0.6) is 0 Å². The summed E-state index contributed by atoms with van der Waals surface area (Å²) in [6.45, 7) is 0.357. The van der Waals surface area contributed by atoms with Crippen LogP contribution < -0.4 is 5.73 Å². The van der Waals surface area contributed by atoms with Crippen LogP contribution in [-0.4, -0.2) is 11.5 Å². The molecule has 1 atom stereocenters. The van der Waals surface area contributed by atoms with Gasteiger partial charge in [-0.3, -0.25) is 4.98 Å². The maximum Gasteiger partial charge on any atom is 0.128 e. The highest BCUT2D eigenvalue weighted by Gasteiger charge is 2.11. The van der Waals surface area contributed by atoms with Crippen LogP contribution >= 0.6 is 15.9 Å². The fourth-order valence-corrected chi connectivity index (χ4v) is 1.44. The Morgan fingerprint density at radius 1 is 1.67 bits per heavy atom. The van der Waals surface area contributed by atoms with E-state index in [0.717, 1.165) is 0 Å². The van der Waals surface area contributed by atoms with Crippen molar-refractivity contribution in [2.45, 2.75) is 12.6 Å². The zero-order chi connectivity index (χ0) is 8.97. The van der Waals surface area contributed by atoms with E-state index in [1.165, 1.54) is 0 Å². The van der Waals surface area contributed by atoms with E-state index in [4.69, 9.17) is 5.73 Å². The van der Waals surface area contributed by atoms with Crippen LogP contribution in [0, 0.1) is 0 Å². The van der Waals surface area contributed by atoms with Crippen molar-refractivity contribution in [3.63, 3.8) is 0 Å². The van der Waals surface area contributed by atoms with E-state index >= 15 is 0 Å². The van der Waals surface area contributed by atoms with Gasteiger partial charge in [0.1, 0.15) is 6.17 Å². The second-order valence-electron chi connectivity index (χ2n) is 2.44. The first kappa shape index (κ1) is 9.61. The molecule has 0 amide bonds. The van der Waals surface area contributed by atoms with Crippen LogP contribution in [0.15, 0.2) is 22.9 Å². The van der Waals surface area contributed by atoms with Crippen molar-refractivity contribution in [3.05, 3.63) is 28.5 Å². The van der Waals surface area contributed by atoms with Crippen molar-refractivity contribution in [2.24, 2.45) is 5.73 Å². The Hall–Kier alpha value is -0.480. The molecule has 1 aromatic heterocycles. The molecule has 0 aliphatic rings. The second-order valence-corrected chi connectivity index (χ2v) is 3.30. The Labute approximate surface area is 79.1 Å². The molecule has 66 valence electrons. The van der Waals surface area contributed by atoms with Gasteiger partial charge in [-0.05, 0) is 35.0 Å². The minimum atomic E-state index is -0.993. The van der Waals surface area contributed by atoms with E-state index in [9.17, 15) is 4.39 Å². The Kier molecular flexibility index (Phi) is 3.62. The minimum Gasteiger partial charge on any atom is -0.330 e. The number of hydrogen-bond donors (Lipinski definition) is 1. The molecule has 1 heterocycles. The van der Waals surface area contributed by atoms with E-state index in [1.54, 1.807) is 18.5 Å². The first-order valence-electron chi connectivity index (χ1n) is 3.69. The molecular weight excluding hydrogens is 223 g/mol. The van der Waals surface area contributed by atoms with Gasteiger partial charge in [0.2, 0.25) is 0 Å². The van der Waals surface area contributed by atoms with Crippen LogP contribution in [0.4, 0.5) is 4.39 Å². The molecule has 4 heteroatoms. The highest BCUT2D eigenvalue weighted by atomic mass is 79.9. The summed E-state index contributed by atoms with van der Waals surface area (Å²) in [6.07, 6.45) is 2.51. The number of halogens is 2. The molecule has 0 fully saturated rings. The predicted molar refractivity (Wildman–Crippen MR) is 49.5 cm³/mol. The van der Waals surface area contributed by atoms with Gasteiger partial charge in [-0.2, -0.15) is 0 Å². The van der Waals surface area contributed by atoms with E-state index in [2.05, 4.69) is 20.9 Å². The molecule has 0 radical (unpaired) electrons. The van der Waals surface area contributed by atoms with Gasteiger partial charge < -0.3 is 5.73 Å². The van der Waals surface area contributed by atoms with Crippen LogP contribution in [-0.2, 0) is 0 Å². The van der Waals surface area contributed by atoms with E-state index in [1.807, 2.05) is 0 Å². The van der Waals surface area contributed by atoms with Crippen molar-refractivity contribution in [2.75, 3.05) is 6.54 Å². The summed E-state index contributed by atoms with van der Waals surface area (Å²) in [7, 11) is 0. The molecule has 1 unspecified atom stereocenters. The lowest BCUT2D eigenvalue weighted by Crippen LogP contribution is -2.04. The molecule has 2 N–H and O–H groups in total. The molecule has 2 nitrogen and oxygen atoms in total. The summed E-state index contributed by atoms with van der Waals surface area (Å²) in [5, 5.41) is 0. The van der Waals surface area contributed by atoms with Crippen molar-refractivity contribution < 1.29 is 4.39 Å². The van der Waals surface area contributed by atoms with Gasteiger partial charge in [-0.1, -0.05) is 0 Å². The quantitative estimate of drug-likeness (QED) is 0.869. The Balaban J connectivity index is 2.79. The fraction of sp³-hybridized carbons (Fsp3) is 0.375. The smallest absolute Gasteiger partial charge is 0.128 e. The van der Waals surface area contributed by atoms with Gasteiger partial charge in [0.05, 0.1) is 0 Å². The van der Waals surface area contributed by atoms with Gasteiger partial charge >= 0.3 is 0 Å². The molecule has 1 aromatic rings. The largest absolute Gasteiger partial charge is 0.330 e. The topological polar surface area (TPSA) is 38.9 Å². The van der Waals surface area contributed by atoms with Gasteiger partial charge in [0, 0.05) is 22.4 Å². The maximum absolute atomic E-state index is 13.3. The van der Waals surface area contributed by atoms with E-state index in [-0.39, 0.29) is 0 Å². The summed E-state index contributed by atoms with van der Waals surface area (Å²) in [5.41, 5.74) is 5.87. The first-order valence-corrected chi connectivity index (χ1v) is 4.48. The number of alkyl halides is 1. The SMILES string of the molecule is NCCC(F)c1ccncc1Br. The van der Waals surface area contributed by atoms with Crippen LogP contribution in [0.2, 0.25) is 0 Å². The number of nitrogens with zero attached hydrogens (tertiary/aromatic N) is 1. The molecule has 0 bridgehead atoms. The van der Waals surface area contributed by atoms with E-state index < -0.39 is 6.17 Å². The summed E-state index contributed by atoms with van der Waals surface area (Å²) >= 11 is 3.22. The third kappa shape index (κ3) is 2.25. The maximum atomic E-state index is 13.3. The number of pyridine rings is 1. The molecule has 0 aliphatic heterocycles. The summed E-state index contributed by atoms with van der Waals surface area (Å²) < 4.78 is 14.0.